The molecule has 3 heteroatoms. The Morgan fingerprint density at radius 1 is 1.25 bits per heavy atom. The minimum atomic E-state index is 0.0848. The van der Waals surface area contributed by atoms with Crippen LogP contribution in [0.25, 0.3) is 11.3 Å². The fourth-order valence-electron chi connectivity index (χ4n) is 1.77. The maximum Gasteiger partial charge on any atom is 0.139 e. The van der Waals surface area contributed by atoms with Gasteiger partial charge in [0.2, 0.25) is 0 Å². The third-order valence-electron chi connectivity index (χ3n) is 2.58. The second-order valence-corrected chi connectivity index (χ2v) is 3.97. The molecular weight excluding hydrogens is 202 g/mol. The Labute approximate surface area is 94.7 Å². The molecule has 1 aromatic heterocycles. The second-order valence-electron chi connectivity index (χ2n) is 3.97. The third-order valence-corrected chi connectivity index (χ3v) is 2.58. The van der Waals surface area contributed by atoms with E-state index >= 15 is 0 Å². The SMILES string of the molecule is Cc1ccc(-c2cc(CCO)on2)c(C)c1. The number of aromatic nitrogens is 1. The molecule has 2 rings (SSSR count). The molecule has 0 aliphatic carbocycles. The van der Waals surface area contributed by atoms with Crippen molar-refractivity contribution in [1.29, 1.82) is 0 Å². The van der Waals surface area contributed by atoms with E-state index in [1.54, 1.807) is 0 Å². The molecule has 16 heavy (non-hydrogen) atoms. The number of benzene rings is 1. The van der Waals surface area contributed by atoms with E-state index in [0.717, 1.165) is 17.0 Å². The lowest BCUT2D eigenvalue weighted by atomic mass is 10.0. The summed E-state index contributed by atoms with van der Waals surface area (Å²) in [5, 5.41) is 12.8. The minimum Gasteiger partial charge on any atom is -0.396 e. The van der Waals surface area contributed by atoms with Crippen LogP contribution in [0.4, 0.5) is 0 Å². The topological polar surface area (TPSA) is 46.3 Å². The average Bonchev–Trinajstić information content (AvgIpc) is 2.67. The smallest absolute Gasteiger partial charge is 0.139 e. The molecule has 0 amide bonds. The number of hydrogen-bond acceptors (Lipinski definition) is 3. The number of nitrogens with zero attached hydrogens (tertiary/aromatic N) is 1. The Kier molecular flexibility index (Phi) is 3.06. The fraction of sp³-hybridized carbons (Fsp3) is 0.308. The van der Waals surface area contributed by atoms with Crippen LogP contribution in [0.3, 0.4) is 0 Å². The number of rotatable bonds is 3. The van der Waals surface area contributed by atoms with Crippen LogP contribution in [0.15, 0.2) is 28.8 Å². The van der Waals surface area contributed by atoms with Gasteiger partial charge >= 0.3 is 0 Å². The van der Waals surface area contributed by atoms with Crippen molar-refractivity contribution >= 4 is 0 Å². The molecule has 0 saturated heterocycles. The van der Waals surface area contributed by atoms with Crippen LogP contribution in [0.2, 0.25) is 0 Å². The van der Waals surface area contributed by atoms with Gasteiger partial charge < -0.3 is 9.63 Å². The lowest BCUT2D eigenvalue weighted by Crippen LogP contribution is -1.86. The fourth-order valence-corrected chi connectivity index (χ4v) is 1.77. The normalized spacial score (nSPS) is 10.7. The first kappa shape index (κ1) is 10.9. The molecule has 1 aromatic carbocycles. The van der Waals surface area contributed by atoms with Crippen molar-refractivity contribution < 1.29 is 9.63 Å². The first-order valence-electron chi connectivity index (χ1n) is 5.35. The van der Waals surface area contributed by atoms with Gasteiger partial charge in [0.05, 0.1) is 6.61 Å². The summed E-state index contributed by atoms with van der Waals surface area (Å²) in [6, 6.07) is 8.11. The van der Waals surface area contributed by atoms with Gasteiger partial charge in [-0.15, -0.1) is 0 Å². The van der Waals surface area contributed by atoms with Crippen LogP contribution in [0, 0.1) is 13.8 Å². The van der Waals surface area contributed by atoms with E-state index in [1.165, 1.54) is 11.1 Å². The van der Waals surface area contributed by atoms with Crippen LogP contribution in [-0.2, 0) is 6.42 Å². The van der Waals surface area contributed by atoms with Crippen molar-refractivity contribution in [3.05, 3.63) is 41.2 Å². The van der Waals surface area contributed by atoms with E-state index < -0.39 is 0 Å². The summed E-state index contributed by atoms with van der Waals surface area (Å²) in [5.74, 6) is 0.720. The van der Waals surface area contributed by atoms with Gasteiger partial charge in [0.25, 0.3) is 0 Å². The standard InChI is InChI=1S/C13H15NO2/c1-9-3-4-12(10(2)7-9)13-8-11(5-6-15)16-14-13/h3-4,7-8,15H,5-6H2,1-2H3. The Balaban J connectivity index is 2.35. The van der Waals surface area contributed by atoms with Crippen molar-refractivity contribution in [1.82, 2.24) is 5.16 Å². The summed E-state index contributed by atoms with van der Waals surface area (Å²) >= 11 is 0. The van der Waals surface area contributed by atoms with E-state index in [2.05, 4.69) is 31.1 Å². The van der Waals surface area contributed by atoms with Crippen LogP contribution in [0.1, 0.15) is 16.9 Å². The molecule has 0 atom stereocenters. The van der Waals surface area contributed by atoms with E-state index in [-0.39, 0.29) is 6.61 Å². The zero-order valence-corrected chi connectivity index (χ0v) is 9.53. The predicted molar refractivity (Wildman–Crippen MR) is 62.2 cm³/mol. The quantitative estimate of drug-likeness (QED) is 0.859. The highest BCUT2D eigenvalue weighted by Gasteiger charge is 2.08. The molecule has 84 valence electrons. The van der Waals surface area contributed by atoms with Crippen LogP contribution in [0.5, 0.6) is 0 Å². The molecule has 0 radical (unpaired) electrons. The van der Waals surface area contributed by atoms with Gasteiger partial charge in [0, 0.05) is 18.1 Å². The maximum absolute atomic E-state index is 8.80. The van der Waals surface area contributed by atoms with Crippen LogP contribution >= 0.6 is 0 Å². The first-order chi connectivity index (χ1) is 7.70. The van der Waals surface area contributed by atoms with E-state index in [0.29, 0.717) is 6.42 Å². The number of aliphatic hydroxyl groups is 1. The minimum absolute atomic E-state index is 0.0848. The average molecular weight is 217 g/mol. The second kappa shape index (κ2) is 4.49. The summed E-state index contributed by atoms with van der Waals surface area (Å²) < 4.78 is 5.13. The molecule has 0 saturated carbocycles. The summed E-state index contributed by atoms with van der Waals surface area (Å²) in [6.07, 6.45) is 0.512. The van der Waals surface area contributed by atoms with E-state index in [9.17, 15) is 0 Å². The molecule has 0 fully saturated rings. The number of aryl methyl sites for hydroxylation is 2. The van der Waals surface area contributed by atoms with Crippen molar-refractivity contribution in [2.45, 2.75) is 20.3 Å². The highest BCUT2D eigenvalue weighted by atomic mass is 16.5. The molecule has 0 aliphatic rings. The molecule has 0 unspecified atom stereocenters. The Morgan fingerprint density at radius 3 is 2.75 bits per heavy atom. The van der Waals surface area contributed by atoms with Gasteiger partial charge in [-0.3, -0.25) is 0 Å². The highest BCUT2D eigenvalue weighted by Crippen LogP contribution is 2.23. The lowest BCUT2D eigenvalue weighted by molar-refractivity contribution is 0.277. The van der Waals surface area contributed by atoms with Gasteiger partial charge in [-0.1, -0.05) is 28.9 Å². The van der Waals surface area contributed by atoms with Crippen LogP contribution < -0.4 is 0 Å². The summed E-state index contributed by atoms with van der Waals surface area (Å²) in [5.41, 5.74) is 4.34. The Hall–Kier alpha value is -1.61. The van der Waals surface area contributed by atoms with Gasteiger partial charge in [0.1, 0.15) is 11.5 Å². The van der Waals surface area contributed by atoms with E-state index in [1.807, 2.05) is 12.1 Å². The zero-order valence-electron chi connectivity index (χ0n) is 9.53. The van der Waals surface area contributed by atoms with Gasteiger partial charge in [-0.25, -0.2) is 0 Å². The van der Waals surface area contributed by atoms with Crippen molar-refractivity contribution in [2.24, 2.45) is 0 Å². The van der Waals surface area contributed by atoms with Crippen LogP contribution in [-0.4, -0.2) is 16.9 Å². The number of aliphatic hydroxyl groups excluding tert-OH is 1. The monoisotopic (exact) mass is 217 g/mol. The van der Waals surface area contributed by atoms with Crippen molar-refractivity contribution in [3.8, 4) is 11.3 Å². The molecule has 0 aliphatic heterocycles. The predicted octanol–water partition coefficient (Wildman–Crippen LogP) is 2.49. The number of hydrogen-bond donors (Lipinski definition) is 1. The zero-order chi connectivity index (χ0) is 11.5. The summed E-state index contributed by atoms with van der Waals surface area (Å²) in [6.45, 7) is 4.21. The molecule has 3 nitrogen and oxygen atoms in total. The van der Waals surface area contributed by atoms with Crippen molar-refractivity contribution in [2.75, 3.05) is 6.61 Å². The maximum atomic E-state index is 8.80. The molecule has 1 heterocycles. The largest absolute Gasteiger partial charge is 0.396 e. The molecule has 2 aromatic rings. The van der Waals surface area contributed by atoms with Gasteiger partial charge in [-0.2, -0.15) is 0 Å². The summed E-state index contributed by atoms with van der Waals surface area (Å²) in [7, 11) is 0. The molecule has 1 N–H and O–H groups in total. The molecule has 0 spiro atoms. The summed E-state index contributed by atoms with van der Waals surface area (Å²) in [4.78, 5) is 0. The van der Waals surface area contributed by atoms with Gasteiger partial charge in [-0.05, 0) is 19.4 Å². The third kappa shape index (κ3) is 2.14. The first-order valence-corrected chi connectivity index (χ1v) is 5.35. The molecule has 0 bridgehead atoms. The van der Waals surface area contributed by atoms with Gasteiger partial charge in [0.15, 0.2) is 0 Å². The van der Waals surface area contributed by atoms with Crippen molar-refractivity contribution in [3.63, 3.8) is 0 Å². The Bertz CT molecular complexity index is 488. The molecular formula is C13H15NO2. The van der Waals surface area contributed by atoms with E-state index in [4.69, 9.17) is 9.63 Å². The lowest BCUT2D eigenvalue weighted by Gasteiger charge is -2.02. The Morgan fingerprint density at radius 2 is 2.06 bits per heavy atom. The highest BCUT2D eigenvalue weighted by molar-refractivity contribution is 5.63.